The van der Waals surface area contributed by atoms with Crippen molar-refractivity contribution in [2.45, 2.75) is 31.8 Å². The number of nitrogens with one attached hydrogen (secondary N) is 1. The number of hydrogen-bond acceptors (Lipinski definition) is 3. The van der Waals surface area contributed by atoms with Crippen LogP contribution in [0.2, 0.25) is 0 Å². The Morgan fingerprint density at radius 1 is 1.48 bits per heavy atom. The van der Waals surface area contributed by atoms with Crippen LogP contribution in [0.5, 0.6) is 5.75 Å². The molecule has 0 aliphatic heterocycles. The number of aliphatic hydroxyl groups is 1. The summed E-state index contributed by atoms with van der Waals surface area (Å²) in [5, 5.41) is 16.5. The predicted octanol–water partition coefficient (Wildman–Crippen LogP) is 3.09. The number of fused-ring (bicyclic) bond motifs is 1. The lowest BCUT2D eigenvalue weighted by atomic mass is 9.97. The Bertz CT molecular complexity index is 641. The van der Waals surface area contributed by atoms with Gasteiger partial charge in [0.1, 0.15) is 11.9 Å². The summed E-state index contributed by atoms with van der Waals surface area (Å²) < 4.78 is 33.4. The summed E-state index contributed by atoms with van der Waals surface area (Å²) >= 11 is 0. The van der Waals surface area contributed by atoms with Crippen molar-refractivity contribution in [1.82, 2.24) is 10.2 Å². The predicted molar refractivity (Wildman–Crippen MR) is 73.4 cm³/mol. The molecular weight excluding hydrogens is 278 g/mol. The van der Waals surface area contributed by atoms with E-state index in [0.29, 0.717) is 29.0 Å². The second-order valence-electron chi connectivity index (χ2n) is 5.18. The van der Waals surface area contributed by atoms with Gasteiger partial charge in [-0.05, 0) is 18.1 Å². The smallest absolute Gasteiger partial charge is 0.281 e. The zero-order valence-electron chi connectivity index (χ0n) is 11.6. The SMILES string of the molecule is CCCOc1ccc(-c2cn[nH]c2)c2c1CC(F)(F)C2O. The number of benzene rings is 1. The van der Waals surface area contributed by atoms with Crippen LogP contribution in [0.25, 0.3) is 11.1 Å². The molecule has 0 radical (unpaired) electrons. The molecule has 1 aromatic heterocycles. The molecule has 1 aliphatic carbocycles. The van der Waals surface area contributed by atoms with Gasteiger partial charge < -0.3 is 9.84 Å². The molecular formula is C15H16F2N2O2. The van der Waals surface area contributed by atoms with Gasteiger partial charge in [0.05, 0.1) is 12.8 Å². The molecule has 0 fully saturated rings. The van der Waals surface area contributed by atoms with Crippen LogP contribution < -0.4 is 4.74 Å². The summed E-state index contributed by atoms with van der Waals surface area (Å²) in [5.41, 5.74) is 1.87. The molecule has 1 heterocycles. The zero-order chi connectivity index (χ0) is 15.0. The number of H-pyrrole nitrogens is 1. The Balaban J connectivity index is 2.13. The maximum absolute atomic E-state index is 13.9. The van der Waals surface area contributed by atoms with E-state index < -0.39 is 18.4 Å². The Labute approximate surface area is 120 Å². The highest BCUT2D eigenvalue weighted by atomic mass is 19.3. The Morgan fingerprint density at radius 3 is 2.95 bits per heavy atom. The van der Waals surface area contributed by atoms with Gasteiger partial charge in [-0.25, -0.2) is 8.78 Å². The van der Waals surface area contributed by atoms with E-state index in [0.717, 1.165) is 6.42 Å². The van der Waals surface area contributed by atoms with E-state index in [2.05, 4.69) is 10.2 Å². The van der Waals surface area contributed by atoms with Crippen LogP contribution in [-0.4, -0.2) is 27.8 Å². The molecule has 1 atom stereocenters. The third-order valence-corrected chi connectivity index (χ3v) is 3.67. The zero-order valence-corrected chi connectivity index (χ0v) is 11.6. The number of alkyl halides is 2. The normalized spacial score (nSPS) is 19.5. The van der Waals surface area contributed by atoms with Gasteiger partial charge in [-0.2, -0.15) is 5.10 Å². The topological polar surface area (TPSA) is 58.1 Å². The van der Waals surface area contributed by atoms with E-state index in [1.807, 2.05) is 6.92 Å². The van der Waals surface area contributed by atoms with Crippen LogP contribution in [0.3, 0.4) is 0 Å². The fourth-order valence-corrected chi connectivity index (χ4v) is 2.68. The minimum absolute atomic E-state index is 0.245. The van der Waals surface area contributed by atoms with Crippen molar-refractivity contribution < 1.29 is 18.6 Å². The second kappa shape index (κ2) is 5.11. The van der Waals surface area contributed by atoms with E-state index in [1.54, 1.807) is 24.5 Å². The molecule has 0 saturated heterocycles. The Kier molecular flexibility index (Phi) is 3.41. The first-order valence-electron chi connectivity index (χ1n) is 6.88. The average Bonchev–Trinajstić information content (AvgIpc) is 3.05. The maximum atomic E-state index is 13.9. The molecule has 21 heavy (non-hydrogen) atoms. The van der Waals surface area contributed by atoms with Crippen LogP contribution >= 0.6 is 0 Å². The van der Waals surface area contributed by atoms with Crippen LogP contribution in [0, 0.1) is 0 Å². The molecule has 1 aromatic carbocycles. The summed E-state index contributed by atoms with van der Waals surface area (Å²) in [6.45, 7) is 2.41. The molecule has 3 rings (SSSR count). The first kappa shape index (κ1) is 14.0. The standard InChI is InChI=1S/C15H16F2N2O2/c1-2-5-21-12-4-3-10(9-7-18-19-8-9)13-11(12)6-15(16,17)14(13)20/h3-4,7-8,14,20H,2,5-6H2,1H3,(H,18,19). The van der Waals surface area contributed by atoms with Crippen LogP contribution in [0.15, 0.2) is 24.5 Å². The van der Waals surface area contributed by atoms with Gasteiger partial charge in [0, 0.05) is 29.3 Å². The lowest BCUT2D eigenvalue weighted by Gasteiger charge is -2.16. The molecule has 1 unspecified atom stereocenters. The molecule has 1 aliphatic rings. The highest BCUT2D eigenvalue weighted by Gasteiger charge is 2.49. The second-order valence-corrected chi connectivity index (χ2v) is 5.18. The molecule has 0 amide bonds. The molecule has 2 aromatic rings. The van der Waals surface area contributed by atoms with Gasteiger partial charge in [0.15, 0.2) is 0 Å². The first-order valence-corrected chi connectivity index (χ1v) is 6.88. The monoisotopic (exact) mass is 294 g/mol. The van der Waals surface area contributed by atoms with Crippen molar-refractivity contribution >= 4 is 0 Å². The summed E-state index contributed by atoms with van der Waals surface area (Å²) in [6, 6.07) is 3.38. The van der Waals surface area contributed by atoms with Crippen LogP contribution in [0.4, 0.5) is 8.78 Å². The van der Waals surface area contributed by atoms with Gasteiger partial charge in [-0.1, -0.05) is 13.0 Å². The molecule has 2 N–H and O–H groups in total. The number of rotatable bonds is 4. The lowest BCUT2D eigenvalue weighted by molar-refractivity contribution is -0.0967. The summed E-state index contributed by atoms with van der Waals surface area (Å²) in [6.07, 6.45) is 1.63. The third-order valence-electron chi connectivity index (χ3n) is 3.67. The van der Waals surface area contributed by atoms with Crippen molar-refractivity contribution in [2.24, 2.45) is 0 Å². The van der Waals surface area contributed by atoms with Crippen LogP contribution in [-0.2, 0) is 6.42 Å². The summed E-state index contributed by atoms with van der Waals surface area (Å²) in [4.78, 5) is 0. The van der Waals surface area contributed by atoms with Gasteiger partial charge in [-0.3, -0.25) is 5.10 Å². The largest absolute Gasteiger partial charge is 0.493 e. The highest BCUT2D eigenvalue weighted by molar-refractivity contribution is 5.71. The third kappa shape index (κ3) is 2.29. The summed E-state index contributed by atoms with van der Waals surface area (Å²) in [7, 11) is 0. The maximum Gasteiger partial charge on any atom is 0.281 e. The lowest BCUT2D eigenvalue weighted by Crippen LogP contribution is -2.21. The minimum Gasteiger partial charge on any atom is -0.493 e. The number of ether oxygens (including phenoxy) is 1. The van der Waals surface area contributed by atoms with Crippen molar-refractivity contribution in [3.63, 3.8) is 0 Å². The number of aromatic nitrogens is 2. The fourth-order valence-electron chi connectivity index (χ4n) is 2.68. The van der Waals surface area contributed by atoms with E-state index >= 15 is 0 Å². The number of halogens is 2. The van der Waals surface area contributed by atoms with Gasteiger partial charge in [-0.15, -0.1) is 0 Å². The number of aromatic amines is 1. The summed E-state index contributed by atoms with van der Waals surface area (Å²) in [5.74, 6) is -2.75. The highest BCUT2D eigenvalue weighted by Crippen LogP contribution is 2.50. The number of aliphatic hydroxyl groups excluding tert-OH is 1. The number of hydrogen-bond donors (Lipinski definition) is 2. The molecule has 6 heteroatoms. The van der Waals surface area contributed by atoms with Crippen molar-refractivity contribution in [2.75, 3.05) is 6.61 Å². The molecule has 112 valence electrons. The number of nitrogens with zero attached hydrogens (tertiary/aromatic N) is 1. The molecule has 4 nitrogen and oxygen atoms in total. The van der Waals surface area contributed by atoms with Crippen molar-refractivity contribution in [1.29, 1.82) is 0 Å². The van der Waals surface area contributed by atoms with E-state index in [-0.39, 0.29) is 5.56 Å². The molecule has 0 bridgehead atoms. The quantitative estimate of drug-likeness (QED) is 0.911. The minimum atomic E-state index is -3.17. The van der Waals surface area contributed by atoms with Crippen molar-refractivity contribution in [3.8, 4) is 16.9 Å². The van der Waals surface area contributed by atoms with Gasteiger partial charge >= 0.3 is 0 Å². The van der Waals surface area contributed by atoms with Crippen LogP contribution in [0.1, 0.15) is 30.6 Å². The van der Waals surface area contributed by atoms with Gasteiger partial charge in [0.25, 0.3) is 5.92 Å². The Hall–Kier alpha value is -1.95. The van der Waals surface area contributed by atoms with Gasteiger partial charge in [0.2, 0.25) is 0 Å². The van der Waals surface area contributed by atoms with E-state index in [4.69, 9.17) is 4.74 Å². The fraction of sp³-hybridized carbons (Fsp3) is 0.400. The molecule has 0 saturated carbocycles. The van der Waals surface area contributed by atoms with Crippen molar-refractivity contribution in [3.05, 3.63) is 35.7 Å². The van der Waals surface area contributed by atoms with E-state index in [9.17, 15) is 13.9 Å². The Morgan fingerprint density at radius 2 is 2.29 bits per heavy atom. The first-order chi connectivity index (χ1) is 10.0. The average molecular weight is 294 g/mol. The molecule has 0 spiro atoms. The van der Waals surface area contributed by atoms with E-state index in [1.165, 1.54) is 0 Å².